The third-order valence-electron chi connectivity index (χ3n) is 2.34. The molecule has 0 radical (unpaired) electrons. The number of urea groups is 2. The van der Waals surface area contributed by atoms with Gasteiger partial charge in [-0.1, -0.05) is 0 Å². The topological polar surface area (TPSA) is 64.7 Å². The fourth-order valence-electron chi connectivity index (χ4n) is 1.63. The number of amides is 4. The molecule has 8 heteroatoms. The molecule has 2 N–H and O–H groups in total. The Morgan fingerprint density at radius 2 is 1.36 bits per heavy atom. The second kappa shape index (κ2) is 3.43. The highest BCUT2D eigenvalue weighted by molar-refractivity contribution is 7.80. The Labute approximate surface area is 91.8 Å². The van der Waals surface area contributed by atoms with Crippen LogP contribution in [0.5, 0.6) is 0 Å². The fraction of sp³-hybridized carbons (Fsp3) is 0.667. The molecule has 2 heterocycles. The zero-order valence-electron chi connectivity index (χ0n) is 7.17. The molecule has 2 rings (SSSR count). The molecule has 0 aromatic heterocycles. The first kappa shape index (κ1) is 9.78. The number of carbonyl (C=O) groups is 2. The highest BCUT2D eigenvalue weighted by atomic mass is 32.1. The SMILES string of the molecule is O=C1NC2C(NC(=O)N2CS)N1CS. The van der Waals surface area contributed by atoms with E-state index in [1.165, 1.54) is 9.80 Å². The van der Waals surface area contributed by atoms with E-state index in [4.69, 9.17) is 0 Å². The van der Waals surface area contributed by atoms with Crippen LogP contribution >= 0.6 is 25.3 Å². The maximum absolute atomic E-state index is 11.4. The summed E-state index contributed by atoms with van der Waals surface area (Å²) in [4.78, 5) is 25.6. The Balaban J connectivity index is 2.20. The molecule has 2 aliphatic heterocycles. The van der Waals surface area contributed by atoms with Gasteiger partial charge in [0.05, 0.1) is 11.8 Å². The molecule has 0 saturated carbocycles. The van der Waals surface area contributed by atoms with Gasteiger partial charge in [0.25, 0.3) is 0 Å². The number of fused-ring (bicyclic) bond motifs is 1. The summed E-state index contributed by atoms with van der Waals surface area (Å²) in [6, 6.07) is -0.441. The van der Waals surface area contributed by atoms with Gasteiger partial charge >= 0.3 is 12.1 Å². The molecule has 0 bridgehead atoms. The van der Waals surface area contributed by atoms with E-state index in [0.29, 0.717) is 0 Å². The summed E-state index contributed by atoms with van der Waals surface area (Å²) >= 11 is 8.04. The summed E-state index contributed by atoms with van der Waals surface area (Å²) in [6.45, 7) is 0. The lowest BCUT2D eigenvalue weighted by Gasteiger charge is -2.19. The van der Waals surface area contributed by atoms with Gasteiger partial charge in [0.1, 0.15) is 12.3 Å². The van der Waals surface area contributed by atoms with Crippen molar-refractivity contribution in [3.8, 4) is 0 Å². The van der Waals surface area contributed by atoms with Gasteiger partial charge in [-0.2, -0.15) is 25.3 Å². The van der Waals surface area contributed by atoms with Crippen LogP contribution in [0.2, 0.25) is 0 Å². The van der Waals surface area contributed by atoms with E-state index < -0.39 is 0 Å². The van der Waals surface area contributed by atoms with Crippen LogP contribution in [-0.4, -0.2) is 45.9 Å². The van der Waals surface area contributed by atoms with E-state index >= 15 is 0 Å². The summed E-state index contributed by atoms with van der Waals surface area (Å²) in [5.74, 6) is 0.543. The normalized spacial score (nSPS) is 30.4. The minimum absolute atomic E-state index is 0.221. The molecule has 2 atom stereocenters. The maximum Gasteiger partial charge on any atom is 0.321 e. The lowest BCUT2D eigenvalue weighted by Crippen LogP contribution is -2.42. The second-order valence-corrected chi connectivity index (χ2v) is 3.58. The quantitative estimate of drug-likeness (QED) is 0.485. The third-order valence-corrected chi connectivity index (χ3v) is 2.95. The number of rotatable bonds is 2. The smallest absolute Gasteiger partial charge is 0.314 e. The lowest BCUT2D eigenvalue weighted by molar-refractivity contribution is 0.204. The molecule has 0 aliphatic carbocycles. The van der Waals surface area contributed by atoms with Crippen LogP contribution in [0, 0.1) is 0 Å². The van der Waals surface area contributed by atoms with Gasteiger partial charge in [-0.3, -0.25) is 9.80 Å². The van der Waals surface area contributed by atoms with Gasteiger partial charge in [0, 0.05) is 0 Å². The Kier molecular flexibility index (Phi) is 2.40. The zero-order valence-corrected chi connectivity index (χ0v) is 8.96. The van der Waals surface area contributed by atoms with Crippen LogP contribution in [0.25, 0.3) is 0 Å². The van der Waals surface area contributed by atoms with Crippen molar-refractivity contribution in [1.29, 1.82) is 0 Å². The summed E-state index contributed by atoms with van der Waals surface area (Å²) in [7, 11) is 0. The Morgan fingerprint density at radius 1 is 1.00 bits per heavy atom. The minimum atomic E-state index is -0.334. The van der Waals surface area contributed by atoms with E-state index in [9.17, 15) is 9.59 Å². The molecule has 78 valence electrons. The number of thiol groups is 2. The average molecular weight is 234 g/mol. The first-order chi connectivity index (χ1) is 6.69. The predicted molar refractivity (Wildman–Crippen MR) is 56.0 cm³/mol. The van der Waals surface area contributed by atoms with E-state index in [-0.39, 0.29) is 36.1 Å². The van der Waals surface area contributed by atoms with Crippen molar-refractivity contribution in [1.82, 2.24) is 20.4 Å². The molecule has 0 spiro atoms. The number of hydrogen-bond donors (Lipinski definition) is 4. The molecular formula is C6H10N4O2S2. The van der Waals surface area contributed by atoms with Crippen LogP contribution in [0.15, 0.2) is 0 Å². The van der Waals surface area contributed by atoms with Crippen molar-refractivity contribution in [2.45, 2.75) is 12.3 Å². The Hall–Kier alpha value is -0.760. The van der Waals surface area contributed by atoms with Gasteiger partial charge in [-0.25, -0.2) is 9.59 Å². The zero-order chi connectivity index (χ0) is 10.3. The standard InChI is InChI=1S/C6H10N4O2S2/c11-5-8-4-3(9(5)1-13)7-6(12)10(4)2-14/h3-4,13-14H,1-2H2,(H,7,12)(H,8,11). The summed E-state index contributed by atoms with van der Waals surface area (Å²) in [6.07, 6.45) is -0.667. The minimum Gasteiger partial charge on any atom is -0.314 e. The number of carbonyl (C=O) groups excluding carboxylic acids is 2. The molecule has 6 nitrogen and oxygen atoms in total. The number of nitrogens with zero attached hydrogens (tertiary/aromatic N) is 2. The molecule has 14 heavy (non-hydrogen) atoms. The fourth-order valence-corrected chi connectivity index (χ4v) is 2.24. The van der Waals surface area contributed by atoms with Gasteiger partial charge in [0.15, 0.2) is 0 Å². The van der Waals surface area contributed by atoms with E-state index in [2.05, 4.69) is 35.9 Å². The van der Waals surface area contributed by atoms with Crippen LogP contribution in [0.3, 0.4) is 0 Å². The summed E-state index contributed by atoms with van der Waals surface area (Å²) in [5, 5.41) is 5.36. The molecule has 2 saturated heterocycles. The van der Waals surface area contributed by atoms with E-state index in [1.807, 2.05) is 0 Å². The van der Waals surface area contributed by atoms with Gasteiger partial charge in [0.2, 0.25) is 0 Å². The summed E-state index contributed by atoms with van der Waals surface area (Å²) in [5.41, 5.74) is 0. The van der Waals surface area contributed by atoms with E-state index in [1.54, 1.807) is 0 Å². The summed E-state index contributed by atoms with van der Waals surface area (Å²) < 4.78 is 0. The molecule has 2 unspecified atom stereocenters. The van der Waals surface area contributed by atoms with Gasteiger partial charge in [-0.15, -0.1) is 0 Å². The monoisotopic (exact) mass is 234 g/mol. The van der Waals surface area contributed by atoms with Crippen molar-refractivity contribution in [2.75, 3.05) is 11.8 Å². The molecular weight excluding hydrogens is 224 g/mol. The van der Waals surface area contributed by atoms with Crippen LogP contribution in [-0.2, 0) is 0 Å². The van der Waals surface area contributed by atoms with Crippen LogP contribution < -0.4 is 10.6 Å². The van der Waals surface area contributed by atoms with Gasteiger partial charge in [-0.05, 0) is 0 Å². The van der Waals surface area contributed by atoms with Crippen LogP contribution in [0.4, 0.5) is 9.59 Å². The Bertz CT molecular complexity index is 259. The molecule has 2 fully saturated rings. The number of hydrogen-bond acceptors (Lipinski definition) is 4. The van der Waals surface area contributed by atoms with Crippen molar-refractivity contribution in [2.24, 2.45) is 0 Å². The van der Waals surface area contributed by atoms with Crippen molar-refractivity contribution in [3.63, 3.8) is 0 Å². The second-order valence-electron chi connectivity index (χ2n) is 3.01. The van der Waals surface area contributed by atoms with E-state index in [0.717, 1.165) is 0 Å². The highest BCUT2D eigenvalue weighted by Gasteiger charge is 2.49. The van der Waals surface area contributed by atoms with Gasteiger partial charge < -0.3 is 10.6 Å². The first-order valence-corrected chi connectivity index (χ1v) is 5.31. The Morgan fingerprint density at radius 3 is 1.64 bits per heavy atom. The molecule has 0 aromatic carbocycles. The van der Waals surface area contributed by atoms with Crippen LogP contribution in [0.1, 0.15) is 0 Å². The average Bonchev–Trinajstić information content (AvgIpc) is 2.58. The highest BCUT2D eigenvalue weighted by Crippen LogP contribution is 2.21. The third kappa shape index (κ3) is 1.21. The number of nitrogens with one attached hydrogen (secondary N) is 2. The lowest BCUT2D eigenvalue weighted by atomic mass is 10.4. The molecule has 0 aromatic rings. The van der Waals surface area contributed by atoms with Crippen molar-refractivity contribution < 1.29 is 9.59 Å². The first-order valence-electron chi connectivity index (χ1n) is 4.05. The largest absolute Gasteiger partial charge is 0.321 e. The predicted octanol–water partition coefficient (Wildman–Crippen LogP) is -0.536. The molecule has 2 aliphatic rings. The van der Waals surface area contributed by atoms with Crippen molar-refractivity contribution in [3.05, 3.63) is 0 Å². The van der Waals surface area contributed by atoms with Crippen molar-refractivity contribution >= 4 is 37.3 Å². The molecule has 4 amide bonds. The maximum atomic E-state index is 11.4.